The lowest BCUT2D eigenvalue weighted by Gasteiger charge is -2.34. The van der Waals surface area contributed by atoms with Crippen molar-refractivity contribution < 1.29 is 9.21 Å². The highest BCUT2D eigenvalue weighted by atomic mass is 16.3. The Hall–Kier alpha value is -2.83. The first-order valence-corrected chi connectivity index (χ1v) is 9.30. The van der Waals surface area contributed by atoms with E-state index in [0.717, 1.165) is 43.1 Å². The van der Waals surface area contributed by atoms with Gasteiger partial charge < -0.3 is 20.4 Å². The number of aliphatic imine (C=N–C) groups is 1. The van der Waals surface area contributed by atoms with Crippen molar-refractivity contribution in [2.75, 3.05) is 20.1 Å². The van der Waals surface area contributed by atoms with Crippen LogP contribution in [0.3, 0.4) is 0 Å². The topological polar surface area (TPSA) is 96.8 Å². The minimum Gasteiger partial charge on any atom is -0.444 e. The van der Waals surface area contributed by atoms with Crippen LogP contribution in [0, 0.1) is 12.8 Å². The van der Waals surface area contributed by atoms with Gasteiger partial charge >= 0.3 is 0 Å². The SMILES string of the molecule is CN=C(NCc1coc(-c2ccc(C)cc2)n1)N1CCCC(CC(N)=O)C1. The third kappa shape index (κ3) is 5.09. The zero-order valence-corrected chi connectivity index (χ0v) is 15.9. The number of piperidine rings is 1. The Morgan fingerprint density at radius 3 is 2.89 bits per heavy atom. The van der Waals surface area contributed by atoms with Crippen LogP contribution in [0.5, 0.6) is 0 Å². The summed E-state index contributed by atoms with van der Waals surface area (Å²) < 4.78 is 5.61. The molecule has 3 rings (SSSR count). The highest BCUT2D eigenvalue weighted by Crippen LogP contribution is 2.20. The van der Waals surface area contributed by atoms with Crippen LogP contribution in [0.4, 0.5) is 0 Å². The summed E-state index contributed by atoms with van der Waals surface area (Å²) in [6, 6.07) is 8.09. The Morgan fingerprint density at radius 2 is 2.19 bits per heavy atom. The molecule has 27 heavy (non-hydrogen) atoms. The molecule has 1 amide bonds. The van der Waals surface area contributed by atoms with Crippen molar-refractivity contribution in [3.63, 3.8) is 0 Å². The van der Waals surface area contributed by atoms with Crippen LogP contribution in [-0.4, -0.2) is 41.9 Å². The quantitative estimate of drug-likeness (QED) is 0.623. The molecule has 144 valence electrons. The molecular weight excluding hydrogens is 342 g/mol. The molecule has 2 heterocycles. The molecule has 0 spiro atoms. The fourth-order valence-electron chi connectivity index (χ4n) is 3.43. The number of aromatic nitrogens is 1. The van der Waals surface area contributed by atoms with Gasteiger partial charge in [0.05, 0.1) is 12.2 Å². The molecule has 1 aliphatic heterocycles. The number of nitrogens with two attached hydrogens (primary N) is 1. The number of carbonyl (C=O) groups excluding carboxylic acids is 1. The molecule has 0 radical (unpaired) electrons. The Bertz CT molecular complexity index is 797. The molecule has 1 atom stereocenters. The number of hydrogen-bond donors (Lipinski definition) is 2. The van der Waals surface area contributed by atoms with Gasteiger partial charge in [0.25, 0.3) is 0 Å². The Balaban J connectivity index is 1.58. The van der Waals surface area contributed by atoms with E-state index < -0.39 is 0 Å². The fourth-order valence-corrected chi connectivity index (χ4v) is 3.43. The number of nitrogens with one attached hydrogen (secondary N) is 1. The number of hydrogen-bond acceptors (Lipinski definition) is 4. The molecule has 7 nitrogen and oxygen atoms in total. The number of nitrogens with zero attached hydrogens (tertiary/aromatic N) is 3. The molecule has 1 unspecified atom stereocenters. The van der Waals surface area contributed by atoms with Crippen molar-refractivity contribution in [2.45, 2.75) is 32.7 Å². The van der Waals surface area contributed by atoms with Crippen LogP contribution < -0.4 is 11.1 Å². The molecule has 1 aliphatic rings. The summed E-state index contributed by atoms with van der Waals surface area (Å²) in [5.74, 6) is 1.47. The van der Waals surface area contributed by atoms with E-state index in [1.165, 1.54) is 5.56 Å². The Kier molecular flexibility index (Phi) is 6.11. The van der Waals surface area contributed by atoms with Crippen molar-refractivity contribution in [3.8, 4) is 11.5 Å². The molecule has 2 aromatic rings. The summed E-state index contributed by atoms with van der Waals surface area (Å²) >= 11 is 0. The number of oxazole rings is 1. The van der Waals surface area contributed by atoms with Crippen LogP contribution in [-0.2, 0) is 11.3 Å². The molecule has 0 saturated carbocycles. The van der Waals surface area contributed by atoms with Crippen molar-refractivity contribution in [2.24, 2.45) is 16.6 Å². The number of carbonyl (C=O) groups is 1. The van der Waals surface area contributed by atoms with Crippen molar-refractivity contribution in [3.05, 3.63) is 41.8 Å². The lowest BCUT2D eigenvalue weighted by molar-refractivity contribution is -0.119. The van der Waals surface area contributed by atoms with Gasteiger partial charge in [0.1, 0.15) is 6.26 Å². The van der Waals surface area contributed by atoms with Gasteiger partial charge in [-0.3, -0.25) is 9.79 Å². The van der Waals surface area contributed by atoms with Gasteiger partial charge in [-0.15, -0.1) is 0 Å². The maximum atomic E-state index is 11.2. The lowest BCUT2D eigenvalue weighted by Crippen LogP contribution is -2.46. The van der Waals surface area contributed by atoms with Crippen LogP contribution in [0.15, 0.2) is 39.9 Å². The summed E-state index contributed by atoms with van der Waals surface area (Å²) in [4.78, 5) is 22.3. The van der Waals surface area contributed by atoms with E-state index in [9.17, 15) is 4.79 Å². The molecule has 3 N–H and O–H groups in total. The predicted molar refractivity (Wildman–Crippen MR) is 105 cm³/mol. The minimum absolute atomic E-state index is 0.240. The number of aryl methyl sites for hydroxylation is 1. The van der Waals surface area contributed by atoms with E-state index in [0.29, 0.717) is 18.9 Å². The number of rotatable bonds is 5. The third-order valence-corrected chi connectivity index (χ3v) is 4.80. The predicted octanol–water partition coefficient (Wildman–Crippen LogP) is 2.31. The highest BCUT2D eigenvalue weighted by molar-refractivity contribution is 5.80. The van der Waals surface area contributed by atoms with E-state index in [-0.39, 0.29) is 11.8 Å². The van der Waals surface area contributed by atoms with Crippen LogP contribution in [0.25, 0.3) is 11.5 Å². The fraction of sp³-hybridized carbons (Fsp3) is 0.450. The van der Waals surface area contributed by atoms with E-state index >= 15 is 0 Å². The molecule has 0 bridgehead atoms. The maximum absolute atomic E-state index is 11.2. The number of primary amides is 1. The zero-order chi connectivity index (χ0) is 19.2. The third-order valence-electron chi connectivity index (χ3n) is 4.80. The molecule has 0 aliphatic carbocycles. The average molecular weight is 369 g/mol. The molecular formula is C20H27N5O2. The largest absolute Gasteiger partial charge is 0.444 e. The van der Waals surface area contributed by atoms with Gasteiger partial charge in [0, 0.05) is 32.1 Å². The van der Waals surface area contributed by atoms with E-state index in [1.54, 1.807) is 13.3 Å². The first kappa shape index (κ1) is 18.9. The second-order valence-corrected chi connectivity index (χ2v) is 7.04. The number of benzene rings is 1. The standard InChI is InChI=1S/C20H27N5O2/c1-14-5-7-16(8-6-14)19-24-17(13-27-19)11-23-20(22-2)25-9-3-4-15(12-25)10-18(21)26/h5-8,13,15H,3-4,9-12H2,1-2H3,(H2,21,26)(H,22,23). The monoisotopic (exact) mass is 369 g/mol. The van der Waals surface area contributed by atoms with E-state index in [4.69, 9.17) is 10.2 Å². The first-order valence-electron chi connectivity index (χ1n) is 9.30. The van der Waals surface area contributed by atoms with Crippen molar-refractivity contribution >= 4 is 11.9 Å². The minimum atomic E-state index is -0.240. The van der Waals surface area contributed by atoms with Gasteiger partial charge in [-0.2, -0.15) is 0 Å². The Morgan fingerprint density at radius 1 is 1.41 bits per heavy atom. The normalized spacial score (nSPS) is 17.8. The van der Waals surface area contributed by atoms with Gasteiger partial charge in [0.15, 0.2) is 5.96 Å². The first-order chi connectivity index (χ1) is 13.0. The highest BCUT2D eigenvalue weighted by Gasteiger charge is 2.23. The molecule has 1 saturated heterocycles. The van der Waals surface area contributed by atoms with Gasteiger partial charge in [-0.1, -0.05) is 17.7 Å². The van der Waals surface area contributed by atoms with E-state index in [1.807, 2.05) is 24.3 Å². The smallest absolute Gasteiger partial charge is 0.226 e. The van der Waals surface area contributed by atoms with Gasteiger partial charge in [0.2, 0.25) is 11.8 Å². The molecule has 1 aromatic heterocycles. The van der Waals surface area contributed by atoms with Gasteiger partial charge in [-0.25, -0.2) is 4.98 Å². The zero-order valence-electron chi connectivity index (χ0n) is 15.9. The summed E-state index contributed by atoms with van der Waals surface area (Å²) in [5.41, 5.74) is 8.33. The molecule has 1 fully saturated rings. The van der Waals surface area contributed by atoms with Crippen molar-refractivity contribution in [1.29, 1.82) is 0 Å². The molecule has 1 aromatic carbocycles. The van der Waals surface area contributed by atoms with Crippen molar-refractivity contribution in [1.82, 2.24) is 15.2 Å². The summed E-state index contributed by atoms with van der Waals surface area (Å²) in [5, 5.41) is 3.34. The van der Waals surface area contributed by atoms with Crippen LogP contribution in [0.1, 0.15) is 30.5 Å². The maximum Gasteiger partial charge on any atom is 0.226 e. The lowest BCUT2D eigenvalue weighted by atomic mass is 9.95. The Labute approximate surface area is 159 Å². The van der Waals surface area contributed by atoms with Crippen LogP contribution >= 0.6 is 0 Å². The van der Waals surface area contributed by atoms with Crippen LogP contribution in [0.2, 0.25) is 0 Å². The van der Waals surface area contributed by atoms with E-state index in [2.05, 4.69) is 27.1 Å². The van der Waals surface area contributed by atoms with Gasteiger partial charge in [-0.05, 0) is 37.8 Å². The number of guanidine groups is 1. The second kappa shape index (κ2) is 8.70. The molecule has 7 heteroatoms. The summed E-state index contributed by atoms with van der Waals surface area (Å²) in [7, 11) is 1.76. The number of likely N-dealkylation sites (tertiary alicyclic amines) is 1. The second-order valence-electron chi connectivity index (χ2n) is 7.04. The summed E-state index contributed by atoms with van der Waals surface area (Å²) in [6.07, 6.45) is 4.15. The summed E-state index contributed by atoms with van der Waals surface area (Å²) in [6.45, 7) is 4.28. The average Bonchev–Trinajstić information content (AvgIpc) is 3.11. The number of amides is 1.